The predicted molar refractivity (Wildman–Crippen MR) is 74.1 cm³/mol. The third kappa shape index (κ3) is 1.99. The second-order valence-corrected chi connectivity index (χ2v) is 4.34. The lowest BCUT2D eigenvalue weighted by Gasteiger charge is -2.06. The maximum atomic E-state index is 12.6. The lowest BCUT2D eigenvalue weighted by molar-refractivity contribution is 0.103. The number of fused-ring (bicyclic) bond motifs is 1. The van der Waals surface area contributed by atoms with Gasteiger partial charge in [0.15, 0.2) is 5.78 Å². The molecule has 3 rings (SSSR count). The number of pyridine rings is 2. The van der Waals surface area contributed by atoms with Crippen LogP contribution >= 0.6 is 0 Å². The van der Waals surface area contributed by atoms with Gasteiger partial charge in [-0.05, 0) is 31.2 Å². The molecule has 0 saturated heterocycles. The summed E-state index contributed by atoms with van der Waals surface area (Å²) in [6.07, 6.45) is 3.42. The maximum absolute atomic E-state index is 12.6. The summed E-state index contributed by atoms with van der Waals surface area (Å²) in [5, 5.41) is 0.873. The number of aryl methyl sites for hydroxylation is 1. The van der Waals surface area contributed by atoms with E-state index in [1.807, 2.05) is 37.3 Å². The quantitative estimate of drug-likeness (QED) is 0.654. The highest BCUT2D eigenvalue weighted by molar-refractivity contribution is 6.16. The van der Waals surface area contributed by atoms with Gasteiger partial charge in [-0.3, -0.25) is 14.8 Å². The van der Waals surface area contributed by atoms with Crippen LogP contribution in [0.25, 0.3) is 10.9 Å². The van der Waals surface area contributed by atoms with Crippen LogP contribution in [0.3, 0.4) is 0 Å². The van der Waals surface area contributed by atoms with Crippen molar-refractivity contribution >= 4 is 16.7 Å². The van der Waals surface area contributed by atoms with Gasteiger partial charge in [0.25, 0.3) is 0 Å². The number of aromatic nitrogens is 2. The molecule has 0 N–H and O–H groups in total. The normalized spacial score (nSPS) is 10.6. The van der Waals surface area contributed by atoms with E-state index in [1.165, 1.54) is 0 Å². The Morgan fingerprint density at radius 1 is 0.895 bits per heavy atom. The summed E-state index contributed by atoms with van der Waals surface area (Å²) in [5.74, 6) is -0.01000. The molecule has 0 saturated carbocycles. The number of hydrogen-bond acceptors (Lipinski definition) is 3. The van der Waals surface area contributed by atoms with Crippen molar-refractivity contribution in [3.05, 3.63) is 71.7 Å². The zero-order chi connectivity index (χ0) is 13.2. The van der Waals surface area contributed by atoms with Crippen LogP contribution in [0.5, 0.6) is 0 Å². The number of nitrogens with zero attached hydrogens (tertiary/aromatic N) is 2. The second-order valence-electron chi connectivity index (χ2n) is 4.34. The molecule has 0 aliphatic heterocycles. The van der Waals surface area contributed by atoms with Gasteiger partial charge in [0.1, 0.15) is 0 Å². The lowest BCUT2D eigenvalue weighted by atomic mass is 9.98. The first-order valence-electron chi connectivity index (χ1n) is 6.07. The molecule has 3 heteroatoms. The molecule has 0 amide bonds. The minimum atomic E-state index is -0.01000. The first-order chi connectivity index (χ1) is 9.27. The second kappa shape index (κ2) is 4.61. The van der Waals surface area contributed by atoms with E-state index in [0.29, 0.717) is 11.1 Å². The van der Waals surface area contributed by atoms with Crippen molar-refractivity contribution in [2.75, 3.05) is 0 Å². The van der Waals surface area contributed by atoms with E-state index < -0.39 is 0 Å². The van der Waals surface area contributed by atoms with Crippen LogP contribution in [0.2, 0.25) is 0 Å². The van der Waals surface area contributed by atoms with Crippen LogP contribution in [0.15, 0.2) is 54.9 Å². The third-order valence-corrected chi connectivity index (χ3v) is 3.14. The van der Waals surface area contributed by atoms with Gasteiger partial charge < -0.3 is 0 Å². The van der Waals surface area contributed by atoms with E-state index in [-0.39, 0.29) is 5.78 Å². The Kier molecular flexibility index (Phi) is 2.80. The Balaban J connectivity index is 2.20. The first-order valence-corrected chi connectivity index (χ1v) is 6.07. The molecule has 0 unspecified atom stereocenters. The molecule has 1 aromatic carbocycles. The summed E-state index contributed by atoms with van der Waals surface area (Å²) in [6.45, 7) is 1.84. The number of hydrogen-bond donors (Lipinski definition) is 0. The van der Waals surface area contributed by atoms with E-state index in [0.717, 1.165) is 16.6 Å². The number of carbonyl (C=O) groups excluding carboxylic acids is 1. The fourth-order valence-electron chi connectivity index (χ4n) is 2.17. The van der Waals surface area contributed by atoms with Crippen molar-refractivity contribution in [1.82, 2.24) is 9.97 Å². The van der Waals surface area contributed by atoms with Crippen molar-refractivity contribution in [2.24, 2.45) is 0 Å². The van der Waals surface area contributed by atoms with Crippen molar-refractivity contribution in [3.8, 4) is 0 Å². The number of ketones is 1. The lowest BCUT2D eigenvalue weighted by Crippen LogP contribution is -2.05. The van der Waals surface area contributed by atoms with E-state index in [1.54, 1.807) is 24.5 Å². The van der Waals surface area contributed by atoms with E-state index in [9.17, 15) is 4.79 Å². The fourth-order valence-corrected chi connectivity index (χ4v) is 2.17. The average molecular weight is 248 g/mol. The number of benzene rings is 1. The highest BCUT2D eigenvalue weighted by Gasteiger charge is 2.14. The smallest absolute Gasteiger partial charge is 0.195 e. The minimum Gasteiger partial charge on any atom is -0.289 e. The van der Waals surface area contributed by atoms with Crippen molar-refractivity contribution in [2.45, 2.75) is 6.92 Å². The van der Waals surface area contributed by atoms with Gasteiger partial charge in [-0.15, -0.1) is 0 Å². The summed E-state index contributed by atoms with van der Waals surface area (Å²) >= 11 is 0. The monoisotopic (exact) mass is 248 g/mol. The molecule has 0 radical (unpaired) electrons. The highest BCUT2D eigenvalue weighted by atomic mass is 16.1. The Bertz CT molecular complexity index is 760. The molecule has 3 aromatic rings. The summed E-state index contributed by atoms with van der Waals surface area (Å²) in [6, 6.07) is 12.9. The molecule has 0 spiro atoms. The Hall–Kier alpha value is -2.55. The summed E-state index contributed by atoms with van der Waals surface area (Å²) in [4.78, 5) is 21.1. The molecule has 92 valence electrons. The van der Waals surface area contributed by atoms with Crippen LogP contribution in [-0.4, -0.2) is 15.8 Å². The van der Waals surface area contributed by atoms with Gasteiger partial charge in [-0.2, -0.15) is 0 Å². The molecule has 0 aliphatic rings. The zero-order valence-electron chi connectivity index (χ0n) is 10.5. The topological polar surface area (TPSA) is 42.9 Å². The number of carbonyl (C=O) groups is 1. The Morgan fingerprint density at radius 2 is 1.63 bits per heavy atom. The Morgan fingerprint density at radius 3 is 2.47 bits per heavy atom. The summed E-state index contributed by atoms with van der Waals surface area (Å²) in [5.41, 5.74) is 2.88. The molecule has 0 aliphatic carbocycles. The largest absolute Gasteiger partial charge is 0.289 e. The highest BCUT2D eigenvalue weighted by Crippen LogP contribution is 2.20. The van der Waals surface area contributed by atoms with Gasteiger partial charge in [0, 0.05) is 34.6 Å². The average Bonchev–Trinajstić information content (AvgIpc) is 2.46. The maximum Gasteiger partial charge on any atom is 0.195 e. The van der Waals surface area contributed by atoms with Crippen LogP contribution in [0.4, 0.5) is 0 Å². The molecule has 0 fully saturated rings. The standard InChI is InChI=1S/C16H12N2O/c1-11-12(6-3-9-17-11)16(19)14-5-2-8-15-13(14)7-4-10-18-15/h2-10H,1H3. The van der Waals surface area contributed by atoms with Gasteiger partial charge in [0.05, 0.1) is 5.52 Å². The van der Waals surface area contributed by atoms with Crippen LogP contribution < -0.4 is 0 Å². The van der Waals surface area contributed by atoms with E-state index in [4.69, 9.17) is 0 Å². The van der Waals surface area contributed by atoms with Gasteiger partial charge in [-0.25, -0.2) is 0 Å². The molecular formula is C16H12N2O. The van der Waals surface area contributed by atoms with E-state index in [2.05, 4.69) is 9.97 Å². The summed E-state index contributed by atoms with van der Waals surface area (Å²) < 4.78 is 0. The molecular weight excluding hydrogens is 236 g/mol. The molecule has 0 bridgehead atoms. The van der Waals surface area contributed by atoms with Gasteiger partial charge in [0.2, 0.25) is 0 Å². The SMILES string of the molecule is Cc1ncccc1C(=O)c1cccc2ncccc12. The molecule has 19 heavy (non-hydrogen) atoms. The van der Waals surface area contributed by atoms with Crippen molar-refractivity contribution in [1.29, 1.82) is 0 Å². The first kappa shape index (κ1) is 11.5. The Labute approximate surface area is 111 Å². The molecule has 0 atom stereocenters. The van der Waals surface area contributed by atoms with Crippen LogP contribution in [-0.2, 0) is 0 Å². The minimum absolute atomic E-state index is 0.01000. The number of rotatable bonds is 2. The van der Waals surface area contributed by atoms with Crippen molar-refractivity contribution in [3.63, 3.8) is 0 Å². The van der Waals surface area contributed by atoms with Gasteiger partial charge >= 0.3 is 0 Å². The van der Waals surface area contributed by atoms with Crippen molar-refractivity contribution < 1.29 is 4.79 Å². The van der Waals surface area contributed by atoms with Crippen LogP contribution in [0.1, 0.15) is 21.6 Å². The van der Waals surface area contributed by atoms with Gasteiger partial charge in [-0.1, -0.05) is 18.2 Å². The zero-order valence-corrected chi connectivity index (χ0v) is 10.5. The molecule has 2 heterocycles. The fraction of sp³-hybridized carbons (Fsp3) is 0.0625. The molecule has 2 aromatic heterocycles. The van der Waals surface area contributed by atoms with E-state index >= 15 is 0 Å². The summed E-state index contributed by atoms with van der Waals surface area (Å²) in [7, 11) is 0. The predicted octanol–water partition coefficient (Wildman–Crippen LogP) is 3.17. The molecule has 3 nitrogen and oxygen atoms in total. The third-order valence-electron chi connectivity index (χ3n) is 3.14. The van der Waals surface area contributed by atoms with Crippen LogP contribution in [0, 0.1) is 6.92 Å².